The minimum Gasteiger partial charge on any atom is -0.458 e. The summed E-state index contributed by atoms with van der Waals surface area (Å²) in [7, 11) is 0. The molecule has 3 aliphatic rings. The van der Waals surface area contributed by atoms with Crippen LogP contribution in [0.2, 0.25) is 0 Å². The number of carbonyl (C=O) groups is 2. The molecule has 8 heteroatoms. The van der Waals surface area contributed by atoms with Crippen LogP contribution in [-0.4, -0.2) is 27.7 Å². The highest BCUT2D eigenvalue weighted by Crippen LogP contribution is 2.36. The molecule has 1 saturated carbocycles. The molecule has 4 heterocycles. The molecular weight excluding hydrogens is 398 g/mol. The zero-order valence-corrected chi connectivity index (χ0v) is 16.6. The summed E-state index contributed by atoms with van der Waals surface area (Å²) in [5.41, 5.74) is 3.54. The molecule has 0 unspecified atom stereocenters. The van der Waals surface area contributed by atoms with Crippen molar-refractivity contribution >= 4 is 23.0 Å². The lowest BCUT2D eigenvalue weighted by Gasteiger charge is -2.28. The van der Waals surface area contributed by atoms with Crippen molar-refractivity contribution < 1.29 is 19.1 Å². The lowest BCUT2D eigenvalue weighted by Crippen LogP contribution is -2.42. The zero-order chi connectivity index (χ0) is 21.1. The molecular formula is C23H19N3O5. The third-order valence-corrected chi connectivity index (χ3v) is 6.32. The molecule has 1 fully saturated rings. The molecule has 0 radical (unpaired) electrons. The van der Waals surface area contributed by atoms with Gasteiger partial charge in [0, 0.05) is 22.6 Å². The van der Waals surface area contributed by atoms with E-state index < -0.39 is 18.2 Å². The van der Waals surface area contributed by atoms with Crippen LogP contribution in [-0.2, 0) is 27.4 Å². The van der Waals surface area contributed by atoms with Gasteiger partial charge >= 0.3 is 12.1 Å². The second-order valence-corrected chi connectivity index (χ2v) is 8.21. The average molecular weight is 417 g/mol. The third-order valence-electron chi connectivity index (χ3n) is 6.32. The molecule has 1 amide bonds. The number of para-hydroxylation sites is 1. The predicted octanol–water partition coefficient (Wildman–Crippen LogP) is 2.80. The SMILES string of the molecule is O=C(NC1CCC1)O[C@@H]1C(=O)OCc2c1cc1n(c2=O)Cc2cc3ccccc3nc2-1. The van der Waals surface area contributed by atoms with Crippen molar-refractivity contribution in [2.45, 2.75) is 44.6 Å². The number of cyclic esters (lactones) is 1. The summed E-state index contributed by atoms with van der Waals surface area (Å²) in [6.07, 6.45) is 0.901. The van der Waals surface area contributed by atoms with Crippen molar-refractivity contribution in [1.29, 1.82) is 0 Å². The molecule has 0 bridgehead atoms. The quantitative estimate of drug-likeness (QED) is 0.504. The maximum Gasteiger partial charge on any atom is 0.408 e. The lowest BCUT2D eigenvalue weighted by atomic mass is 9.93. The van der Waals surface area contributed by atoms with Crippen LogP contribution in [0.3, 0.4) is 0 Å². The van der Waals surface area contributed by atoms with E-state index in [4.69, 9.17) is 14.5 Å². The van der Waals surface area contributed by atoms with Gasteiger partial charge in [0.05, 0.1) is 29.0 Å². The lowest BCUT2D eigenvalue weighted by molar-refractivity contribution is -0.157. The molecule has 1 aliphatic carbocycles. The van der Waals surface area contributed by atoms with Crippen molar-refractivity contribution in [2.24, 2.45) is 0 Å². The number of ether oxygens (including phenoxy) is 2. The second-order valence-electron chi connectivity index (χ2n) is 8.21. The van der Waals surface area contributed by atoms with Crippen LogP contribution in [0.4, 0.5) is 4.79 Å². The summed E-state index contributed by atoms with van der Waals surface area (Å²) in [6, 6.07) is 11.6. The van der Waals surface area contributed by atoms with E-state index in [2.05, 4.69) is 5.32 Å². The van der Waals surface area contributed by atoms with Crippen LogP contribution >= 0.6 is 0 Å². The van der Waals surface area contributed by atoms with E-state index in [1.165, 1.54) is 0 Å². The Morgan fingerprint density at radius 1 is 1.19 bits per heavy atom. The molecule has 2 aromatic heterocycles. The highest BCUT2D eigenvalue weighted by molar-refractivity contribution is 5.85. The van der Waals surface area contributed by atoms with Gasteiger partial charge in [0.15, 0.2) is 0 Å². The number of amides is 1. The van der Waals surface area contributed by atoms with E-state index in [1.54, 1.807) is 10.6 Å². The molecule has 0 saturated heterocycles. The first-order valence-electron chi connectivity index (χ1n) is 10.4. The zero-order valence-electron chi connectivity index (χ0n) is 16.6. The Morgan fingerprint density at radius 3 is 2.84 bits per heavy atom. The summed E-state index contributed by atoms with van der Waals surface area (Å²) in [4.78, 5) is 42.7. The average Bonchev–Trinajstić information content (AvgIpc) is 3.09. The summed E-state index contributed by atoms with van der Waals surface area (Å²) >= 11 is 0. The molecule has 31 heavy (non-hydrogen) atoms. The Morgan fingerprint density at radius 2 is 2.03 bits per heavy atom. The molecule has 2 aliphatic heterocycles. The van der Waals surface area contributed by atoms with Gasteiger partial charge in [-0.1, -0.05) is 18.2 Å². The van der Waals surface area contributed by atoms with E-state index >= 15 is 0 Å². The van der Waals surface area contributed by atoms with E-state index in [-0.39, 0.29) is 18.2 Å². The molecule has 3 aromatic rings. The van der Waals surface area contributed by atoms with Crippen molar-refractivity contribution in [2.75, 3.05) is 0 Å². The highest BCUT2D eigenvalue weighted by atomic mass is 16.6. The number of rotatable bonds is 2. The first kappa shape index (κ1) is 18.1. The first-order chi connectivity index (χ1) is 15.1. The number of hydrogen-bond donors (Lipinski definition) is 1. The van der Waals surface area contributed by atoms with Gasteiger partial charge in [-0.05, 0) is 37.5 Å². The molecule has 156 valence electrons. The monoisotopic (exact) mass is 417 g/mol. The molecule has 8 nitrogen and oxygen atoms in total. The topological polar surface area (TPSA) is 99.5 Å². The smallest absolute Gasteiger partial charge is 0.408 e. The fourth-order valence-corrected chi connectivity index (χ4v) is 4.43. The van der Waals surface area contributed by atoms with Crippen LogP contribution in [0.25, 0.3) is 22.3 Å². The Bertz CT molecular complexity index is 1320. The van der Waals surface area contributed by atoms with Gasteiger partial charge in [-0.15, -0.1) is 0 Å². The van der Waals surface area contributed by atoms with Crippen LogP contribution in [0, 0.1) is 0 Å². The number of benzene rings is 1. The van der Waals surface area contributed by atoms with E-state index in [0.29, 0.717) is 29.1 Å². The normalized spacial score (nSPS) is 19.1. The highest BCUT2D eigenvalue weighted by Gasteiger charge is 2.38. The predicted molar refractivity (Wildman–Crippen MR) is 110 cm³/mol. The van der Waals surface area contributed by atoms with Gasteiger partial charge in [0.2, 0.25) is 6.10 Å². The van der Waals surface area contributed by atoms with Gasteiger partial charge in [-0.25, -0.2) is 14.6 Å². The van der Waals surface area contributed by atoms with E-state index in [9.17, 15) is 14.4 Å². The van der Waals surface area contributed by atoms with Crippen LogP contribution in [0.1, 0.15) is 42.1 Å². The number of alkyl carbamates (subject to hydrolysis) is 1. The van der Waals surface area contributed by atoms with Crippen LogP contribution < -0.4 is 10.9 Å². The van der Waals surface area contributed by atoms with Crippen LogP contribution in [0.5, 0.6) is 0 Å². The van der Waals surface area contributed by atoms with E-state index in [0.717, 1.165) is 35.7 Å². The second kappa shape index (κ2) is 6.66. The molecule has 1 aromatic carbocycles. The van der Waals surface area contributed by atoms with Crippen molar-refractivity contribution in [3.63, 3.8) is 0 Å². The maximum absolute atomic E-state index is 13.2. The van der Waals surface area contributed by atoms with Crippen molar-refractivity contribution in [1.82, 2.24) is 14.9 Å². The number of fused-ring (bicyclic) bond motifs is 5. The van der Waals surface area contributed by atoms with Crippen LogP contribution in [0.15, 0.2) is 41.2 Å². The van der Waals surface area contributed by atoms with Crippen molar-refractivity contribution in [3.05, 3.63) is 63.4 Å². The van der Waals surface area contributed by atoms with Gasteiger partial charge in [0.1, 0.15) is 6.61 Å². The molecule has 1 N–H and O–H groups in total. The maximum atomic E-state index is 13.2. The largest absolute Gasteiger partial charge is 0.458 e. The van der Waals surface area contributed by atoms with Gasteiger partial charge in [-0.2, -0.15) is 0 Å². The number of esters is 1. The summed E-state index contributed by atoms with van der Waals surface area (Å²) in [6.45, 7) is 0.263. The molecule has 1 atom stereocenters. The fraction of sp³-hybridized carbons (Fsp3) is 0.304. The Hall–Kier alpha value is -3.68. The Kier molecular flexibility index (Phi) is 3.89. The number of pyridine rings is 2. The summed E-state index contributed by atoms with van der Waals surface area (Å²) in [5, 5.41) is 3.75. The first-order valence-corrected chi connectivity index (χ1v) is 10.4. The van der Waals surface area contributed by atoms with Gasteiger partial charge < -0.3 is 19.4 Å². The minimum atomic E-state index is -1.27. The number of nitrogens with one attached hydrogen (secondary N) is 1. The number of carbonyl (C=O) groups excluding carboxylic acids is 2. The Balaban J connectivity index is 1.43. The van der Waals surface area contributed by atoms with Gasteiger partial charge in [0.25, 0.3) is 5.56 Å². The van der Waals surface area contributed by atoms with E-state index in [1.807, 2.05) is 30.3 Å². The van der Waals surface area contributed by atoms with Crippen molar-refractivity contribution in [3.8, 4) is 11.4 Å². The van der Waals surface area contributed by atoms with Gasteiger partial charge in [-0.3, -0.25) is 4.79 Å². The summed E-state index contributed by atoms with van der Waals surface area (Å²) < 4.78 is 12.2. The third kappa shape index (κ3) is 2.82. The Labute approximate surface area is 176 Å². The molecule has 6 rings (SSSR count). The number of aromatic nitrogens is 2. The number of hydrogen-bond acceptors (Lipinski definition) is 6. The minimum absolute atomic E-state index is 0.0709. The fourth-order valence-electron chi connectivity index (χ4n) is 4.43. The molecule has 0 spiro atoms. The number of nitrogens with zero attached hydrogens (tertiary/aromatic N) is 2. The summed E-state index contributed by atoms with van der Waals surface area (Å²) in [5.74, 6) is -0.676. The standard InChI is InChI=1S/C23H19N3O5/c27-21-16-11-30-22(28)20(31-23(29)24-14-5-3-6-14)15(16)9-18-19-13(10-26(18)21)8-12-4-1-2-7-17(12)25-19/h1-2,4,7-9,14,20H,3,5-6,10-11H2,(H,24,29)/t20-/m0/s1.